The van der Waals surface area contributed by atoms with Gasteiger partial charge < -0.3 is 9.84 Å². The molecule has 0 amide bonds. The summed E-state index contributed by atoms with van der Waals surface area (Å²) in [6, 6.07) is 11.1. The van der Waals surface area contributed by atoms with Crippen LogP contribution in [0.1, 0.15) is 24.2 Å². The fourth-order valence-corrected chi connectivity index (χ4v) is 2.41. The summed E-state index contributed by atoms with van der Waals surface area (Å²) in [5.74, 6) is 1.34. The van der Waals surface area contributed by atoms with Crippen molar-refractivity contribution >= 4 is 27.5 Å². The predicted molar refractivity (Wildman–Crippen MR) is 81.0 cm³/mol. The van der Waals surface area contributed by atoms with Crippen molar-refractivity contribution in [2.45, 2.75) is 20.0 Å². The molecule has 100 valence electrons. The highest BCUT2D eigenvalue weighted by atomic mass is 79.9. The first-order valence-corrected chi connectivity index (χ1v) is 7.06. The zero-order chi connectivity index (χ0) is 14.0. The molecule has 2 aromatic carbocycles. The third-order valence-corrected chi connectivity index (χ3v) is 3.58. The average molecular weight is 342 g/mol. The molecule has 2 rings (SSSR count). The largest absolute Gasteiger partial charge is 0.456 e. The van der Waals surface area contributed by atoms with E-state index in [4.69, 9.17) is 16.3 Å². The molecule has 1 atom stereocenters. The van der Waals surface area contributed by atoms with E-state index in [2.05, 4.69) is 15.9 Å². The van der Waals surface area contributed by atoms with Crippen molar-refractivity contribution in [1.82, 2.24) is 0 Å². The van der Waals surface area contributed by atoms with E-state index in [0.29, 0.717) is 10.8 Å². The molecule has 2 aromatic rings. The van der Waals surface area contributed by atoms with Gasteiger partial charge in [0.2, 0.25) is 0 Å². The monoisotopic (exact) mass is 340 g/mol. The second kappa shape index (κ2) is 5.95. The van der Waals surface area contributed by atoms with E-state index in [-0.39, 0.29) is 0 Å². The Bertz CT molecular complexity index is 597. The zero-order valence-corrected chi connectivity index (χ0v) is 13.0. The summed E-state index contributed by atoms with van der Waals surface area (Å²) in [6.07, 6.45) is -0.541. The molecule has 19 heavy (non-hydrogen) atoms. The van der Waals surface area contributed by atoms with Gasteiger partial charge in [-0.25, -0.2) is 0 Å². The van der Waals surface area contributed by atoms with Crippen molar-refractivity contribution in [2.24, 2.45) is 0 Å². The van der Waals surface area contributed by atoms with Crippen LogP contribution in [0.3, 0.4) is 0 Å². The summed E-state index contributed by atoms with van der Waals surface area (Å²) < 4.78 is 6.80. The Hall–Kier alpha value is -1.03. The second-order valence-corrected chi connectivity index (χ2v) is 5.70. The van der Waals surface area contributed by atoms with Gasteiger partial charge in [-0.2, -0.15) is 0 Å². The maximum Gasteiger partial charge on any atom is 0.146 e. The maximum atomic E-state index is 9.50. The predicted octanol–water partition coefficient (Wildman–Crippen LogP) is 5.26. The van der Waals surface area contributed by atoms with Crippen LogP contribution in [0.15, 0.2) is 40.9 Å². The van der Waals surface area contributed by atoms with E-state index in [9.17, 15) is 5.11 Å². The Morgan fingerprint density at radius 1 is 1.16 bits per heavy atom. The van der Waals surface area contributed by atoms with E-state index >= 15 is 0 Å². The van der Waals surface area contributed by atoms with Gasteiger partial charge in [-0.3, -0.25) is 0 Å². The molecule has 0 bridgehead atoms. The minimum atomic E-state index is -0.541. The molecule has 4 heteroatoms. The molecular formula is C15H14BrClO2. The second-order valence-electron chi connectivity index (χ2n) is 4.38. The molecule has 0 aliphatic carbocycles. The average Bonchev–Trinajstić information content (AvgIpc) is 2.34. The zero-order valence-electron chi connectivity index (χ0n) is 10.7. The van der Waals surface area contributed by atoms with Crippen LogP contribution >= 0.6 is 27.5 Å². The lowest BCUT2D eigenvalue weighted by atomic mass is 10.1. The summed E-state index contributed by atoms with van der Waals surface area (Å²) in [5.41, 5.74) is 1.79. The number of aliphatic hydroxyl groups excluding tert-OH is 1. The summed E-state index contributed by atoms with van der Waals surface area (Å²) in [7, 11) is 0. The molecule has 0 aliphatic heterocycles. The Kier molecular flexibility index (Phi) is 4.50. The first-order chi connectivity index (χ1) is 8.97. The molecule has 0 heterocycles. The number of rotatable bonds is 3. The van der Waals surface area contributed by atoms with E-state index in [1.54, 1.807) is 25.1 Å². The first kappa shape index (κ1) is 14.4. The number of aryl methyl sites for hydroxylation is 1. The third-order valence-electron chi connectivity index (χ3n) is 2.80. The Labute approximate surface area is 126 Å². The molecule has 0 fully saturated rings. The molecule has 0 radical (unpaired) electrons. The van der Waals surface area contributed by atoms with Crippen LogP contribution < -0.4 is 4.74 Å². The Morgan fingerprint density at radius 3 is 2.42 bits per heavy atom. The minimum absolute atomic E-state index is 0.487. The fraction of sp³-hybridized carbons (Fsp3) is 0.200. The summed E-state index contributed by atoms with van der Waals surface area (Å²) in [4.78, 5) is 0. The van der Waals surface area contributed by atoms with Crippen LogP contribution in [0.5, 0.6) is 11.5 Å². The molecule has 1 N–H and O–H groups in total. The van der Waals surface area contributed by atoms with Crippen molar-refractivity contribution in [3.63, 3.8) is 0 Å². The van der Waals surface area contributed by atoms with Crippen LogP contribution in [-0.2, 0) is 0 Å². The van der Waals surface area contributed by atoms with Gasteiger partial charge in [-0.1, -0.05) is 33.6 Å². The van der Waals surface area contributed by atoms with Crippen molar-refractivity contribution in [3.8, 4) is 11.5 Å². The Morgan fingerprint density at radius 2 is 1.84 bits per heavy atom. The van der Waals surface area contributed by atoms with E-state index < -0.39 is 6.10 Å². The van der Waals surface area contributed by atoms with Crippen molar-refractivity contribution < 1.29 is 9.84 Å². The highest BCUT2D eigenvalue weighted by Crippen LogP contribution is 2.33. The van der Waals surface area contributed by atoms with Crippen molar-refractivity contribution in [3.05, 3.63) is 57.0 Å². The van der Waals surface area contributed by atoms with Gasteiger partial charge in [0, 0.05) is 4.47 Å². The SMILES string of the molecule is Cc1cc(Br)ccc1Oc1ccc(C(C)O)cc1Cl. The molecular weight excluding hydrogens is 328 g/mol. The minimum Gasteiger partial charge on any atom is -0.456 e. The van der Waals surface area contributed by atoms with Gasteiger partial charge >= 0.3 is 0 Å². The number of benzene rings is 2. The fourth-order valence-electron chi connectivity index (χ4n) is 1.71. The van der Waals surface area contributed by atoms with E-state index in [1.165, 1.54) is 0 Å². The van der Waals surface area contributed by atoms with E-state index in [1.807, 2.05) is 25.1 Å². The van der Waals surface area contributed by atoms with Gasteiger partial charge in [0.25, 0.3) is 0 Å². The molecule has 2 nitrogen and oxygen atoms in total. The van der Waals surface area contributed by atoms with Crippen LogP contribution in [0.4, 0.5) is 0 Å². The first-order valence-electron chi connectivity index (χ1n) is 5.89. The van der Waals surface area contributed by atoms with Crippen LogP contribution in [0, 0.1) is 6.92 Å². The summed E-state index contributed by atoms with van der Waals surface area (Å²) >= 11 is 9.57. The lowest BCUT2D eigenvalue weighted by Crippen LogP contribution is -1.93. The quantitative estimate of drug-likeness (QED) is 0.825. The molecule has 0 aliphatic rings. The Balaban J connectivity index is 2.28. The molecule has 0 saturated carbocycles. The number of aliphatic hydroxyl groups is 1. The summed E-state index contributed by atoms with van der Waals surface area (Å²) in [6.45, 7) is 3.67. The van der Waals surface area contributed by atoms with Crippen LogP contribution in [-0.4, -0.2) is 5.11 Å². The van der Waals surface area contributed by atoms with Gasteiger partial charge in [0.05, 0.1) is 11.1 Å². The molecule has 1 unspecified atom stereocenters. The van der Waals surface area contributed by atoms with Crippen LogP contribution in [0.25, 0.3) is 0 Å². The number of ether oxygens (including phenoxy) is 1. The number of hydrogen-bond acceptors (Lipinski definition) is 2. The highest BCUT2D eigenvalue weighted by molar-refractivity contribution is 9.10. The third kappa shape index (κ3) is 3.50. The van der Waals surface area contributed by atoms with Gasteiger partial charge in [-0.05, 0) is 55.3 Å². The molecule has 0 aromatic heterocycles. The lowest BCUT2D eigenvalue weighted by Gasteiger charge is -2.12. The lowest BCUT2D eigenvalue weighted by molar-refractivity contribution is 0.199. The van der Waals surface area contributed by atoms with Crippen molar-refractivity contribution in [1.29, 1.82) is 0 Å². The number of halogens is 2. The van der Waals surface area contributed by atoms with Crippen molar-refractivity contribution in [2.75, 3.05) is 0 Å². The van der Waals surface area contributed by atoms with Crippen LogP contribution in [0.2, 0.25) is 5.02 Å². The highest BCUT2D eigenvalue weighted by Gasteiger charge is 2.09. The summed E-state index contributed by atoms with van der Waals surface area (Å²) in [5, 5.41) is 9.99. The smallest absolute Gasteiger partial charge is 0.146 e. The number of hydrogen-bond donors (Lipinski definition) is 1. The maximum absolute atomic E-state index is 9.50. The standard InChI is InChI=1S/C15H14BrClO2/c1-9-7-12(16)4-6-14(9)19-15-5-3-11(10(2)18)8-13(15)17/h3-8,10,18H,1-2H3. The molecule has 0 spiro atoms. The van der Waals surface area contributed by atoms with Gasteiger partial charge in [0.1, 0.15) is 11.5 Å². The molecule has 0 saturated heterocycles. The van der Waals surface area contributed by atoms with E-state index in [0.717, 1.165) is 21.3 Å². The van der Waals surface area contributed by atoms with Gasteiger partial charge in [-0.15, -0.1) is 0 Å². The normalized spacial score (nSPS) is 12.3. The van der Waals surface area contributed by atoms with Gasteiger partial charge in [0.15, 0.2) is 0 Å². The topological polar surface area (TPSA) is 29.5 Å².